The van der Waals surface area contributed by atoms with Crippen molar-refractivity contribution in [2.45, 2.75) is 32.2 Å². The van der Waals surface area contributed by atoms with E-state index in [2.05, 4.69) is 24.8 Å². The molecule has 1 saturated heterocycles. The van der Waals surface area contributed by atoms with Crippen LogP contribution in [0, 0.1) is 0 Å². The van der Waals surface area contributed by atoms with Crippen molar-refractivity contribution in [1.82, 2.24) is 4.90 Å². The number of hydrogen-bond acceptors (Lipinski definition) is 3. The highest BCUT2D eigenvalue weighted by Gasteiger charge is 2.27. The number of rotatable bonds is 3. The van der Waals surface area contributed by atoms with Crippen LogP contribution in [0.3, 0.4) is 0 Å². The van der Waals surface area contributed by atoms with Gasteiger partial charge in [0.15, 0.2) is 0 Å². The van der Waals surface area contributed by atoms with Crippen molar-refractivity contribution in [2.75, 3.05) is 25.9 Å². The summed E-state index contributed by atoms with van der Waals surface area (Å²) in [6.45, 7) is 6.77. The molecule has 1 aromatic rings. The van der Waals surface area contributed by atoms with Crippen LogP contribution in [0.4, 0.5) is 5.69 Å². The minimum absolute atomic E-state index is 0.552. The van der Waals surface area contributed by atoms with E-state index in [1.165, 1.54) is 18.5 Å². The molecule has 0 bridgehead atoms. The lowest BCUT2D eigenvalue weighted by atomic mass is 9.97. The zero-order valence-electron chi connectivity index (χ0n) is 10.9. The molecule has 1 aliphatic heterocycles. The summed E-state index contributed by atoms with van der Waals surface area (Å²) >= 11 is 0. The molecule has 0 radical (unpaired) electrons. The summed E-state index contributed by atoms with van der Waals surface area (Å²) in [7, 11) is 1.73. The van der Waals surface area contributed by atoms with Crippen LogP contribution in [0.5, 0.6) is 5.75 Å². The Morgan fingerprint density at radius 1 is 1.41 bits per heavy atom. The molecule has 1 atom stereocenters. The van der Waals surface area contributed by atoms with Gasteiger partial charge in [0.05, 0.1) is 7.11 Å². The third kappa shape index (κ3) is 2.55. The van der Waals surface area contributed by atoms with Crippen molar-refractivity contribution in [2.24, 2.45) is 0 Å². The quantitative estimate of drug-likeness (QED) is 0.817. The molecular weight excluding hydrogens is 212 g/mol. The van der Waals surface area contributed by atoms with Crippen molar-refractivity contribution < 1.29 is 4.74 Å². The van der Waals surface area contributed by atoms with Gasteiger partial charge in [-0.25, -0.2) is 0 Å². The number of nitrogens with zero attached hydrogens (tertiary/aromatic N) is 1. The first-order valence-electron chi connectivity index (χ1n) is 6.29. The molecule has 1 unspecified atom stereocenters. The van der Waals surface area contributed by atoms with Gasteiger partial charge in [0.2, 0.25) is 0 Å². The molecule has 3 nitrogen and oxygen atoms in total. The van der Waals surface area contributed by atoms with Gasteiger partial charge in [-0.15, -0.1) is 0 Å². The molecule has 1 aromatic carbocycles. The lowest BCUT2D eigenvalue weighted by Crippen LogP contribution is -2.27. The van der Waals surface area contributed by atoms with Crippen molar-refractivity contribution >= 4 is 5.69 Å². The molecule has 0 amide bonds. The average molecular weight is 234 g/mol. The number of ether oxygens (including phenoxy) is 1. The molecule has 1 heterocycles. The molecule has 0 aromatic heterocycles. The second-order valence-electron chi connectivity index (χ2n) is 5.08. The summed E-state index contributed by atoms with van der Waals surface area (Å²) < 4.78 is 5.43. The van der Waals surface area contributed by atoms with Crippen molar-refractivity contribution in [3.8, 4) is 5.75 Å². The maximum absolute atomic E-state index is 5.88. The van der Waals surface area contributed by atoms with E-state index in [1.807, 2.05) is 12.1 Å². The second kappa shape index (κ2) is 4.96. The molecular formula is C14H22N2O. The van der Waals surface area contributed by atoms with E-state index in [0.29, 0.717) is 12.0 Å². The number of nitrogens with two attached hydrogens (primary N) is 1. The largest absolute Gasteiger partial charge is 0.496 e. The molecule has 0 aliphatic carbocycles. The second-order valence-corrected chi connectivity index (χ2v) is 5.08. The van der Waals surface area contributed by atoms with Gasteiger partial charge in [-0.1, -0.05) is 0 Å². The molecule has 3 heteroatoms. The first kappa shape index (κ1) is 12.2. The normalized spacial score (nSPS) is 21.1. The van der Waals surface area contributed by atoms with E-state index in [-0.39, 0.29) is 0 Å². The Bertz CT molecular complexity index is 390. The Morgan fingerprint density at radius 2 is 2.18 bits per heavy atom. The molecule has 0 saturated carbocycles. The fourth-order valence-corrected chi connectivity index (χ4v) is 2.58. The highest BCUT2D eigenvalue weighted by Crippen LogP contribution is 2.35. The van der Waals surface area contributed by atoms with Gasteiger partial charge in [-0.3, -0.25) is 0 Å². The molecule has 2 rings (SSSR count). The average Bonchev–Trinajstić information content (AvgIpc) is 2.78. The minimum atomic E-state index is 0.552. The Morgan fingerprint density at radius 3 is 2.76 bits per heavy atom. The SMILES string of the molecule is COc1ccc(N)cc1C1CCN(C(C)C)C1. The summed E-state index contributed by atoms with van der Waals surface area (Å²) in [6, 6.07) is 6.56. The van der Waals surface area contributed by atoms with E-state index in [4.69, 9.17) is 10.5 Å². The van der Waals surface area contributed by atoms with E-state index in [0.717, 1.165) is 18.0 Å². The highest BCUT2D eigenvalue weighted by atomic mass is 16.5. The van der Waals surface area contributed by atoms with E-state index in [9.17, 15) is 0 Å². The summed E-state index contributed by atoms with van der Waals surface area (Å²) in [6.07, 6.45) is 1.19. The highest BCUT2D eigenvalue weighted by molar-refractivity contribution is 5.49. The molecule has 1 fully saturated rings. The molecule has 1 aliphatic rings. The van der Waals surface area contributed by atoms with Gasteiger partial charge in [0.25, 0.3) is 0 Å². The van der Waals surface area contributed by atoms with Crippen molar-refractivity contribution in [3.63, 3.8) is 0 Å². The van der Waals surface area contributed by atoms with E-state index < -0.39 is 0 Å². The molecule has 2 N–H and O–H groups in total. The maximum Gasteiger partial charge on any atom is 0.122 e. The smallest absolute Gasteiger partial charge is 0.122 e. The third-order valence-electron chi connectivity index (χ3n) is 3.64. The van der Waals surface area contributed by atoms with Crippen LogP contribution in [0.1, 0.15) is 31.7 Å². The van der Waals surface area contributed by atoms with Crippen molar-refractivity contribution in [3.05, 3.63) is 23.8 Å². The van der Waals surface area contributed by atoms with Gasteiger partial charge >= 0.3 is 0 Å². The van der Waals surface area contributed by atoms with Gasteiger partial charge in [0.1, 0.15) is 5.75 Å². The fourth-order valence-electron chi connectivity index (χ4n) is 2.58. The van der Waals surface area contributed by atoms with Crippen LogP contribution in [-0.4, -0.2) is 31.1 Å². The van der Waals surface area contributed by atoms with E-state index >= 15 is 0 Å². The number of methoxy groups -OCH3 is 1. The topological polar surface area (TPSA) is 38.5 Å². The number of benzene rings is 1. The van der Waals surface area contributed by atoms with Crippen LogP contribution >= 0.6 is 0 Å². The molecule has 0 spiro atoms. The van der Waals surface area contributed by atoms with Crippen LogP contribution in [0.2, 0.25) is 0 Å². The predicted molar refractivity (Wildman–Crippen MR) is 71.5 cm³/mol. The van der Waals surface area contributed by atoms with Crippen molar-refractivity contribution in [1.29, 1.82) is 0 Å². The van der Waals surface area contributed by atoms with Crippen LogP contribution in [-0.2, 0) is 0 Å². The minimum Gasteiger partial charge on any atom is -0.496 e. The summed E-state index contributed by atoms with van der Waals surface area (Å²) in [5, 5.41) is 0. The van der Waals surface area contributed by atoms with Gasteiger partial charge in [-0.05, 0) is 45.0 Å². The number of likely N-dealkylation sites (tertiary alicyclic amines) is 1. The standard InChI is InChI=1S/C14H22N2O/c1-10(2)16-7-6-11(9-16)13-8-12(15)4-5-14(13)17-3/h4-5,8,10-11H,6-7,9,15H2,1-3H3. The first-order chi connectivity index (χ1) is 8.11. The Balaban J connectivity index is 2.20. The van der Waals surface area contributed by atoms with Crippen LogP contribution in [0.15, 0.2) is 18.2 Å². The number of anilines is 1. The van der Waals surface area contributed by atoms with Crippen LogP contribution in [0.25, 0.3) is 0 Å². The Kier molecular flexibility index (Phi) is 3.57. The number of nitrogen functional groups attached to an aromatic ring is 1. The fraction of sp³-hybridized carbons (Fsp3) is 0.571. The third-order valence-corrected chi connectivity index (χ3v) is 3.64. The Labute approximate surface area is 104 Å². The monoisotopic (exact) mass is 234 g/mol. The molecule has 17 heavy (non-hydrogen) atoms. The van der Waals surface area contributed by atoms with Gasteiger partial charge < -0.3 is 15.4 Å². The van der Waals surface area contributed by atoms with Gasteiger partial charge in [0, 0.05) is 29.8 Å². The lowest BCUT2D eigenvalue weighted by molar-refractivity contribution is 0.272. The number of hydrogen-bond donors (Lipinski definition) is 1. The first-order valence-corrected chi connectivity index (χ1v) is 6.29. The predicted octanol–water partition coefficient (Wildman–Crippen LogP) is 2.48. The zero-order chi connectivity index (χ0) is 12.4. The van der Waals surface area contributed by atoms with Gasteiger partial charge in [-0.2, -0.15) is 0 Å². The zero-order valence-corrected chi connectivity index (χ0v) is 10.9. The van der Waals surface area contributed by atoms with Crippen LogP contribution < -0.4 is 10.5 Å². The summed E-state index contributed by atoms with van der Waals surface area (Å²) in [5.41, 5.74) is 7.96. The molecule has 94 valence electrons. The summed E-state index contributed by atoms with van der Waals surface area (Å²) in [5.74, 6) is 1.52. The lowest BCUT2D eigenvalue weighted by Gasteiger charge is -2.21. The summed E-state index contributed by atoms with van der Waals surface area (Å²) in [4.78, 5) is 2.51. The maximum atomic E-state index is 5.88. The van der Waals surface area contributed by atoms with E-state index in [1.54, 1.807) is 7.11 Å². The Hall–Kier alpha value is -1.22.